The van der Waals surface area contributed by atoms with Crippen LogP contribution in [0.15, 0.2) is 36.0 Å². The fourth-order valence-electron chi connectivity index (χ4n) is 1.25. The van der Waals surface area contributed by atoms with E-state index < -0.39 is 0 Å². The predicted octanol–water partition coefficient (Wildman–Crippen LogP) is 2.76. The molecular formula is C11H12N2OS. The maximum absolute atomic E-state index is 5.14. The van der Waals surface area contributed by atoms with E-state index in [9.17, 15) is 0 Å². The lowest BCUT2D eigenvalue weighted by molar-refractivity contribution is 0.415. The van der Waals surface area contributed by atoms with Gasteiger partial charge in [0.1, 0.15) is 5.75 Å². The van der Waals surface area contributed by atoms with E-state index in [-0.39, 0.29) is 0 Å². The molecule has 2 aromatic rings. The average molecular weight is 220 g/mol. The Morgan fingerprint density at radius 1 is 1.47 bits per heavy atom. The number of thiazole rings is 1. The molecule has 0 atom stereocenters. The lowest BCUT2D eigenvalue weighted by Crippen LogP contribution is -1.97. The molecule has 0 saturated heterocycles. The van der Waals surface area contributed by atoms with Crippen molar-refractivity contribution in [3.63, 3.8) is 0 Å². The first kappa shape index (κ1) is 9.98. The van der Waals surface area contributed by atoms with E-state index in [2.05, 4.69) is 10.3 Å². The monoisotopic (exact) mass is 220 g/mol. The van der Waals surface area contributed by atoms with Crippen molar-refractivity contribution in [3.8, 4) is 5.75 Å². The number of benzene rings is 1. The SMILES string of the molecule is COc1cccc(NCc2cncs2)c1. The van der Waals surface area contributed by atoms with Crippen molar-refractivity contribution in [1.29, 1.82) is 0 Å². The zero-order chi connectivity index (χ0) is 10.5. The highest BCUT2D eigenvalue weighted by molar-refractivity contribution is 7.09. The molecular weight excluding hydrogens is 208 g/mol. The molecule has 2 rings (SSSR count). The maximum atomic E-state index is 5.14. The summed E-state index contributed by atoms with van der Waals surface area (Å²) in [4.78, 5) is 5.24. The van der Waals surface area contributed by atoms with E-state index in [4.69, 9.17) is 4.74 Å². The molecule has 0 unspecified atom stereocenters. The van der Waals surface area contributed by atoms with Crippen molar-refractivity contribution in [2.45, 2.75) is 6.54 Å². The largest absolute Gasteiger partial charge is 0.497 e. The van der Waals surface area contributed by atoms with Crippen molar-refractivity contribution >= 4 is 17.0 Å². The van der Waals surface area contributed by atoms with E-state index in [0.29, 0.717) is 0 Å². The molecule has 0 amide bonds. The minimum absolute atomic E-state index is 0.803. The second kappa shape index (κ2) is 4.79. The van der Waals surface area contributed by atoms with E-state index in [1.165, 1.54) is 4.88 Å². The Morgan fingerprint density at radius 3 is 3.13 bits per heavy atom. The Bertz CT molecular complexity index is 414. The summed E-state index contributed by atoms with van der Waals surface area (Å²) in [6, 6.07) is 7.89. The summed E-state index contributed by atoms with van der Waals surface area (Å²) >= 11 is 1.65. The number of methoxy groups -OCH3 is 1. The van der Waals surface area contributed by atoms with Gasteiger partial charge < -0.3 is 10.1 Å². The van der Waals surface area contributed by atoms with Crippen molar-refractivity contribution in [3.05, 3.63) is 40.8 Å². The standard InChI is InChI=1S/C11H12N2OS/c1-14-10-4-2-3-9(5-10)13-7-11-6-12-8-15-11/h2-6,8,13H,7H2,1H3. The van der Waals surface area contributed by atoms with E-state index in [1.807, 2.05) is 36.0 Å². The van der Waals surface area contributed by atoms with Crippen LogP contribution in [0.1, 0.15) is 4.88 Å². The van der Waals surface area contributed by atoms with Gasteiger partial charge in [0.15, 0.2) is 0 Å². The molecule has 78 valence electrons. The summed E-state index contributed by atoms with van der Waals surface area (Å²) < 4.78 is 5.14. The van der Waals surface area contributed by atoms with Crippen LogP contribution < -0.4 is 10.1 Å². The highest BCUT2D eigenvalue weighted by Crippen LogP contribution is 2.17. The molecule has 0 fully saturated rings. The Balaban J connectivity index is 1.98. The minimum Gasteiger partial charge on any atom is -0.497 e. The third-order valence-corrected chi connectivity index (χ3v) is 2.80. The first-order valence-electron chi connectivity index (χ1n) is 4.64. The van der Waals surface area contributed by atoms with Crippen LogP contribution in [0.25, 0.3) is 0 Å². The molecule has 0 spiro atoms. The number of hydrogen-bond donors (Lipinski definition) is 1. The number of nitrogens with zero attached hydrogens (tertiary/aromatic N) is 1. The summed E-state index contributed by atoms with van der Waals surface area (Å²) in [6.45, 7) is 0.803. The molecule has 1 heterocycles. The fraction of sp³-hybridized carbons (Fsp3) is 0.182. The van der Waals surface area contributed by atoms with Crippen LogP contribution in [0.4, 0.5) is 5.69 Å². The van der Waals surface area contributed by atoms with Crippen LogP contribution >= 0.6 is 11.3 Å². The van der Waals surface area contributed by atoms with Crippen molar-refractivity contribution < 1.29 is 4.74 Å². The van der Waals surface area contributed by atoms with E-state index >= 15 is 0 Å². The van der Waals surface area contributed by atoms with Crippen LogP contribution in [-0.4, -0.2) is 12.1 Å². The van der Waals surface area contributed by atoms with Crippen LogP contribution in [0.5, 0.6) is 5.75 Å². The van der Waals surface area contributed by atoms with Crippen LogP contribution in [0, 0.1) is 0 Å². The van der Waals surface area contributed by atoms with Gasteiger partial charge in [-0.05, 0) is 12.1 Å². The van der Waals surface area contributed by atoms with Gasteiger partial charge in [-0.15, -0.1) is 11.3 Å². The fourth-order valence-corrected chi connectivity index (χ4v) is 1.79. The summed E-state index contributed by atoms with van der Waals surface area (Å²) in [7, 11) is 1.67. The Kier molecular flexibility index (Phi) is 3.19. The summed E-state index contributed by atoms with van der Waals surface area (Å²) in [5.41, 5.74) is 2.89. The number of anilines is 1. The Hall–Kier alpha value is -1.55. The van der Waals surface area contributed by atoms with Gasteiger partial charge in [0.25, 0.3) is 0 Å². The molecule has 1 N–H and O–H groups in total. The first-order valence-corrected chi connectivity index (χ1v) is 5.52. The molecule has 4 heteroatoms. The molecule has 1 aromatic heterocycles. The molecule has 3 nitrogen and oxygen atoms in total. The summed E-state index contributed by atoms with van der Waals surface area (Å²) in [6.07, 6.45) is 1.87. The van der Waals surface area contributed by atoms with Gasteiger partial charge in [-0.3, -0.25) is 4.98 Å². The van der Waals surface area contributed by atoms with Gasteiger partial charge in [-0.25, -0.2) is 0 Å². The molecule has 0 aliphatic heterocycles. The Labute approximate surface area is 92.7 Å². The van der Waals surface area contributed by atoms with Crippen molar-refractivity contribution in [2.24, 2.45) is 0 Å². The first-order chi connectivity index (χ1) is 7.38. The van der Waals surface area contributed by atoms with Gasteiger partial charge >= 0.3 is 0 Å². The quantitative estimate of drug-likeness (QED) is 0.860. The van der Waals surface area contributed by atoms with Gasteiger partial charge in [0.05, 0.1) is 19.2 Å². The normalized spacial score (nSPS) is 9.93. The average Bonchev–Trinajstić information content (AvgIpc) is 2.79. The molecule has 0 aliphatic carbocycles. The molecule has 0 bridgehead atoms. The number of ether oxygens (including phenoxy) is 1. The van der Waals surface area contributed by atoms with E-state index in [0.717, 1.165) is 18.0 Å². The molecule has 0 radical (unpaired) electrons. The maximum Gasteiger partial charge on any atom is 0.120 e. The van der Waals surface area contributed by atoms with Gasteiger partial charge in [0, 0.05) is 22.8 Å². The lowest BCUT2D eigenvalue weighted by Gasteiger charge is -2.06. The number of nitrogens with one attached hydrogen (secondary N) is 1. The molecule has 1 aromatic carbocycles. The number of hydrogen-bond acceptors (Lipinski definition) is 4. The van der Waals surface area contributed by atoms with Gasteiger partial charge in [0.2, 0.25) is 0 Å². The highest BCUT2D eigenvalue weighted by Gasteiger charge is 1.96. The zero-order valence-electron chi connectivity index (χ0n) is 8.43. The van der Waals surface area contributed by atoms with Crippen LogP contribution in [0.2, 0.25) is 0 Å². The predicted molar refractivity (Wildman–Crippen MR) is 62.4 cm³/mol. The lowest BCUT2D eigenvalue weighted by atomic mass is 10.3. The summed E-state index contributed by atoms with van der Waals surface area (Å²) in [5, 5.41) is 3.31. The number of aromatic nitrogens is 1. The van der Waals surface area contributed by atoms with E-state index in [1.54, 1.807) is 18.4 Å². The molecule has 0 aliphatic rings. The summed E-state index contributed by atoms with van der Waals surface area (Å²) in [5.74, 6) is 0.865. The molecule has 0 saturated carbocycles. The third-order valence-electron chi connectivity index (χ3n) is 2.02. The highest BCUT2D eigenvalue weighted by atomic mass is 32.1. The van der Waals surface area contributed by atoms with Gasteiger partial charge in [-0.1, -0.05) is 6.07 Å². The molecule has 15 heavy (non-hydrogen) atoms. The smallest absolute Gasteiger partial charge is 0.120 e. The Morgan fingerprint density at radius 2 is 2.40 bits per heavy atom. The zero-order valence-corrected chi connectivity index (χ0v) is 9.25. The third kappa shape index (κ3) is 2.70. The topological polar surface area (TPSA) is 34.1 Å². The second-order valence-corrected chi connectivity index (χ2v) is 4.02. The van der Waals surface area contributed by atoms with Crippen LogP contribution in [-0.2, 0) is 6.54 Å². The number of rotatable bonds is 4. The minimum atomic E-state index is 0.803. The second-order valence-electron chi connectivity index (χ2n) is 3.05. The van der Waals surface area contributed by atoms with Crippen molar-refractivity contribution in [1.82, 2.24) is 4.98 Å². The van der Waals surface area contributed by atoms with Crippen LogP contribution in [0.3, 0.4) is 0 Å². The van der Waals surface area contributed by atoms with Crippen molar-refractivity contribution in [2.75, 3.05) is 12.4 Å². The van der Waals surface area contributed by atoms with Gasteiger partial charge in [-0.2, -0.15) is 0 Å².